The molecule has 110 valence electrons. The number of hydrogen-bond acceptors (Lipinski definition) is 2. The molecule has 0 saturated heterocycles. The molecule has 4 nitrogen and oxygen atoms in total. The van der Waals surface area contributed by atoms with Gasteiger partial charge in [0.15, 0.2) is 0 Å². The molecular formula is C15H14Cl2N2O2. The Labute approximate surface area is 132 Å². The third-order valence-electron chi connectivity index (χ3n) is 3.05. The Bertz CT molecular complexity index is 718. The predicted molar refractivity (Wildman–Crippen MR) is 84.3 cm³/mol. The smallest absolute Gasteiger partial charge is 0.263 e. The number of amides is 1. The van der Waals surface area contributed by atoms with Gasteiger partial charge in [-0.25, -0.2) is 0 Å². The van der Waals surface area contributed by atoms with Crippen LogP contribution in [0.25, 0.3) is 0 Å². The topological polar surface area (TPSA) is 42.3 Å². The first-order chi connectivity index (χ1) is 9.91. The maximum atomic E-state index is 12.4. The minimum Gasteiger partial charge on any atom is -0.345 e. The van der Waals surface area contributed by atoms with Crippen LogP contribution in [0.5, 0.6) is 0 Å². The SMILES string of the molecule is CN(C)C(=O)c1cccn(Cc2c(Cl)cccc2Cl)c1=O. The summed E-state index contributed by atoms with van der Waals surface area (Å²) in [6.45, 7) is 0.214. The molecule has 0 unspecified atom stereocenters. The highest BCUT2D eigenvalue weighted by Crippen LogP contribution is 2.24. The fourth-order valence-corrected chi connectivity index (χ4v) is 2.44. The van der Waals surface area contributed by atoms with E-state index in [9.17, 15) is 9.59 Å². The summed E-state index contributed by atoms with van der Waals surface area (Å²) in [6.07, 6.45) is 1.61. The van der Waals surface area contributed by atoms with E-state index >= 15 is 0 Å². The molecule has 0 radical (unpaired) electrons. The van der Waals surface area contributed by atoms with E-state index in [1.807, 2.05) is 0 Å². The van der Waals surface area contributed by atoms with Crippen LogP contribution in [0, 0.1) is 0 Å². The van der Waals surface area contributed by atoms with E-state index in [4.69, 9.17) is 23.2 Å². The molecule has 0 spiro atoms. The minimum atomic E-state index is -0.368. The number of halogens is 2. The third-order valence-corrected chi connectivity index (χ3v) is 3.76. The fourth-order valence-electron chi connectivity index (χ4n) is 1.92. The molecule has 0 atom stereocenters. The van der Waals surface area contributed by atoms with Gasteiger partial charge in [-0.2, -0.15) is 0 Å². The van der Waals surface area contributed by atoms with E-state index in [1.165, 1.54) is 15.5 Å². The molecule has 0 aliphatic heterocycles. The molecular weight excluding hydrogens is 311 g/mol. The van der Waals surface area contributed by atoms with Crippen LogP contribution in [0.1, 0.15) is 15.9 Å². The zero-order chi connectivity index (χ0) is 15.6. The molecule has 1 aromatic carbocycles. The van der Waals surface area contributed by atoms with Crippen LogP contribution < -0.4 is 5.56 Å². The highest BCUT2D eigenvalue weighted by Gasteiger charge is 2.15. The van der Waals surface area contributed by atoms with Gasteiger partial charge in [0.1, 0.15) is 5.56 Å². The summed E-state index contributed by atoms with van der Waals surface area (Å²) >= 11 is 12.2. The zero-order valence-corrected chi connectivity index (χ0v) is 13.1. The lowest BCUT2D eigenvalue weighted by molar-refractivity contribution is 0.0825. The average Bonchev–Trinajstić information content (AvgIpc) is 2.44. The number of benzene rings is 1. The highest BCUT2D eigenvalue weighted by atomic mass is 35.5. The summed E-state index contributed by atoms with van der Waals surface area (Å²) in [5.41, 5.74) is 0.398. The summed E-state index contributed by atoms with van der Waals surface area (Å²) in [5, 5.41) is 0.970. The van der Waals surface area contributed by atoms with Crippen molar-refractivity contribution in [1.29, 1.82) is 0 Å². The van der Waals surface area contributed by atoms with Crippen LogP contribution >= 0.6 is 23.2 Å². The molecule has 0 aliphatic rings. The van der Waals surface area contributed by atoms with E-state index in [2.05, 4.69) is 0 Å². The monoisotopic (exact) mass is 324 g/mol. The summed E-state index contributed by atoms with van der Waals surface area (Å²) in [6, 6.07) is 8.33. The van der Waals surface area contributed by atoms with E-state index < -0.39 is 0 Å². The van der Waals surface area contributed by atoms with E-state index in [-0.39, 0.29) is 23.6 Å². The zero-order valence-electron chi connectivity index (χ0n) is 11.6. The summed E-state index contributed by atoms with van der Waals surface area (Å²) in [4.78, 5) is 25.7. The maximum Gasteiger partial charge on any atom is 0.263 e. The van der Waals surface area contributed by atoms with Gasteiger partial charge in [-0.1, -0.05) is 29.3 Å². The van der Waals surface area contributed by atoms with Crippen LogP contribution in [0.4, 0.5) is 0 Å². The van der Waals surface area contributed by atoms with Crippen LogP contribution in [-0.2, 0) is 6.54 Å². The van der Waals surface area contributed by atoms with Gasteiger partial charge in [-0.05, 0) is 24.3 Å². The van der Waals surface area contributed by atoms with Crippen LogP contribution in [-0.4, -0.2) is 29.5 Å². The lowest BCUT2D eigenvalue weighted by Gasteiger charge is -2.13. The van der Waals surface area contributed by atoms with Gasteiger partial charge in [0, 0.05) is 35.9 Å². The van der Waals surface area contributed by atoms with Crippen LogP contribution in [0.2, 0.25) is 10.0 Å². The van der Waals surface area contributed by atoms with Crippen molar-refractivity contribution in [2.75, 3.05) is 14.1 Å². The summed E-state index contributed by atoms with van der Waals surface area (Å²) < 4.78 is 1.42. The minimum absolute atomic E-state index is 0.116. The van der Waals surface area contributed by atoms with Crippen molar-refractivity contribution in [2.45, 2.75) is 6.54 Å². The summed E-state index contributed by atoms with van der Waals surface area (Å²) in [5.74, 6) is -0.334. The standard InChI is InChI=1S/C15H14Cl2N2O2/c1-18(2)14(20)10-5-4-8-19(15(10)21)9-11-12(16)6-3-7-13(11)17/h3-8H,9H2,1-2H3. The number of aromatic nitrogens is 1. The molecule has 0 bridgehead atoms. The van der Waals surface area contributed by atoms with E-state index in [0.29, 0.717) is 15.6 Å². The molecule has 0 aliphatic carbocycles. The second-order valence-electron chi connectivity index (χ2n) is 4.75. The summed E-state index contributed by atoms with van der Waals surface area (Å²) in [7, 11) is 3.20. The Balaban J connectivity index is 2.45. The van der Waals surface area contributed by atoms with Gasteiger partial charge in [0.2, 0.25) is 0 Å². The predicted octanol–water partition coefficient (Wildman–Crippen LogP) is 2.91. The quantitative estimate of drug-likeness (QED) is 0.871. The van der Waals surface area contributed by atoms with Gasteiger partial charge < -0.3 is 9.47 Å². The number of hydrogen-bond donors (Lipinski definition) is 0. The molecule has 0 N–H and O–H groups in total. The molecule has 0 saturated carbocycles. The largest absolute Gasteiger partial charge is 0.345 e. The molecule has 1 heterocycles. The molecule has 6 heteroatoms. The van der Waals surface area contributed by atoms with Gasteiger partial charge >= 0.3 is 0 Å². The number of carbonyl (C=O) groups excluding carboxylic acids is 1. The van der Waals surface area contributed by atoms with Crippen molar-refractivity contribution in [3.05, 3.63) is 68.1 Å². The molecule has 2 aromatic rings. The normalized spacial score (nSPS) is 10.5. The Morgan fingerprint density at radius 2 is 1.76 bits per heavy atom. The van der Waals surface area contributed by atoms with Crippen LogP contribution in [0.15, 0.2) is 41.3 Å². The Morgan fingerprint density at radius 3 is 2.33 bits per heavy atom. The van der Waals surface area contributed by atoms with Crippen molar-refractivity contribution >= 4 is 29.1 Å². The van der Waals surface area contributed by atoms with Crippen molar-refractivity contribution in [2.24, 2.45) is 0 Å². The molecule has 21 heavy (non-hydrogen) atoms. The van der Waals surface area contributed by atoms with Gasteiger partial charge in [0.25, 0.3) is 11.5 Å². The first kappa shape index (κ1) is 15.6. The van der Waals surface area contributed by atoms with Gasteiger partial charge in [0.05, 0.1) is 6.54 Å². The molecule has 0 fully saturated rings. The second kappa shape index (κ2) is 6.33. The Hall–Kier alpha value is -1.78. The van der Waals surface area contributed by atoms with E-state index in [1.54, 1.807) is 44.6 Å². The van der Waals surface area contributed by atoms with E-state index in [0.717, 1.165) is 0 Å². The highest BCUT2D eigenvalue weighted by molar-refractivity contribution is 6.35. The number of nitrogens with zero attached hydrogens (tertiary/aromatic N) is 2. The second-order valence-corrected chi connectivity index (χ2v) is 5.57. The molecule has 2 rings (SSSR count). The number of pyridine rings is 1. The molecule has 1 aromatic heterocycles. The van der Waals surface area contributed by atoms with Crippen molar-refractivity contribution in [3.8, 4) is 0 Å². The molecule has 1 amide bonds. The van der Waals surface area contributed by atoms with Crippen molar-refractivity contribution < 1.29 is 4.79 Å². The fraction of sp³-hybridized carbons (Fsp3) is 0.200. The Morgan fingerprint density at radius 1 is 1.14 bits per heavy atom. The van der Waals surface area contributed by atoms with Crippen molar-refractivity contribution in [3.63, 3.8) is 0 Å². The lowest BCUT2D eigenvalue weighted by atomic mass is 10.2. The third kappa shape index (κ3) is 3.28. The maximum absolute atomic E-state index is 12.4. The van der Waals surface area contributed by atoms with Crippen molar-refractivity contribution in [1.82, 2.24) is 9.47 Å². The number of carbonyl (C=O) groups is 1. The average molecular weight is 325 g/mol. The Kier molecular flexibility index (Phi) is 4.70. The number of rotatable bonds is 3. The first-order valence-corrected chi connectivity index (χ1v) is 7.01. The van der Waals surface area contributed by atoms with Gasteiger partial charge in [-0.3, -0.25) is 9.59 Å². The van der Waals surface area contributed by atoms with Gasteiger partial charge in [-0.15, -0.1) is 0 Å². The lowest BCUT2D eigenvalue weighted by Crippen LogP contribution is -2.32. The first-order valence-electron chi connectivity index (χ1n) is 6.26. The van der Waals surface area contributed by atoms with Crippen LogP contribution in [0.3, 0.4) is 0 Å².